The molecular weight excluding hydrogens is 130 g/mol. The lowest BCUT2D eigenvalue weighted by molar-refractivity contribution is -0.144. The Labute approximate surface area is 60.4 Å². The third kappa shape index (κ3) is 0.904. The van der Waals surface area contributed by atoms with Crippen LogP contribution in [0.4, 0.5) is 0 Å². The van der Waals surface area contributed by atoms with Gasteiger partial charge in [-0.05, 0) is 25.8 Å². The molecule has 0 spiro atoms. The molecule has 10 heavy (non-hydrogen) atoms. The second-order valence-electron chi connectivity index (χ2n) is 3.12. The van der Waals surface area contributed by atoms with Gasteiger partial charge in [0.1, 0.15) is 5.54 Å². The van der Waals surface area contributed by atoms with Gasteiger partial charge >= 0.3 is 5.97 Å². The smallest absolute Gasteiger partial charge is 0.323 e. The molecule has 1 rings (SSSR count). The molecule has 0 bridgehead atoms. The van der Waals surface area contributed by atoms with Gasteiger partial charge in [-0.1, -0.05) is 6.92 Å². The summed E-state index contributed by atoms with van der Waals surface area (Å²) < 4.78 is 0. The van der Waals surface area contributed by atoms with E-state index in [0.29, 0.717) is 0 Å². The Kier molecular flexibility index (Phi) is 1.68. The van der Waals surface area contributed by atoms with Gasteiger partial charge in [-0.3, -0.25) is 4.79 Å². The first-order valence-electron chi connectivity index (χ1n) is 3.56. The van der Waals surface area contributed by atoms with Crippen molar-refractivity contribution in [3.63, 3.8) is 0 Å². The number of hydrogen-bond donors (Lipinski definition) is 2. The standard InChI is InChI=1S/C7H13NO2/c1-5-3-4-8-7(5,2)6(9)10/h5,8H,3-4H2,1-2H3,(H,9,10)/t5-,7+/m0/s1. The van der Waals surface area contributed by atoms with Crippen LogP contribution in [0.3, 0.4) is 0 Å². The highest BCUT2D eigenvalue weighted by Gasteiger charge is 2.42. The van der Waals surface area contributed by atoms with Gasteiger partial charge in [-0.15, -0.1) is 0 Å². The van der Waals surface area contributed by atoms with Crippen molar-refractivity contribution in [1.29, 1.82) is 0 Å². The van der Waals surface area contributed by atoms with Crippen LogP contribution in [0, 0.1) is 5.92 Å². The molecule has 0 unspecified atom stereocenters. The van der Waals surface area contributed by atoms with Crippen molar-refractivity contribution in [2.75, 3.05) is 6.54 Å². The Balaban J connectivity index is 2.75. The molecule has 1 aliphatic heterocycles. The quantitative estimate of drug-likeness (QED) is 0.560. The molecule has 0 aromatic carbocycles. The molecule has 0 aromatic heterocycles. The zero-order valence-corrected chi connectivity index (χ0v) is 6.35. The summed E-state index contributed by atoms with van der Waals surface area (Å²) in [5.74, 6) is -0.498. The van der Waals surface area contributed by atoms with Crippen molar-refractivity contribution >= 4 is 5.97 Å². The van der Waals surface area contributed by atoms with Crippen LogP contribution in [0.2, 0.25) is 0 Å². The maximum Gasteiger partial charge on any atom is 0.323 e. The fraction of sp³-hybridized carbons (Fsp3) is 0.857. The summed E-state index contributed by atoms with van der Waals surface area (Å²) >= 11 is 0. The molecule has 1 aliphatic rings. The third-order valence-corrected chi connectivity index (χ3v) is 2.50. The zero-order valence-electron chi connectivity index (χ0n) is 6.35. The Hall–Kier alpha value is -0.570. The highest BCUT2D eigenvalue weighted by Crippen LogP contribution is 2.25. The number of hydrogen-bond acceptors (Lipinski definition) is 2. The second-order valence-corrected chi connectivity index (χ2v) is 3.12. The number of carboxylic acid groups (broad SMARTS) is 1. The Bertz CT molecular complexity index is 158. The first-order valence-corrected chi connectivity index (χ1v) is 3.56. The molecule has 3 nitrogen and oxygen atoms in total. The fourth-order valence-corrected chi connectivity index (χ4v) is 1.30. The van der Waals surface area contributed by atoms with Crippen molar-refractivity contribution in [3.8, 4) is 0 Å². The van der Waals surface area contributed by atoms with E-state index < -0.39 is 11.5 Å². The fourth-order valence-electron chi connectivity index (χ4n) is 1.30. The van der Waals surface area contributed by atoms with E-state index in [-0.39, 0.29) is 5.92 Å². The number of rotatable bonds is 1. The lowest BCUT2D eigenvalue weighted by Gasteiger charge is -2.23. The SMILES string of the molecule is C[C@H]1CCN[C@@]1(C)C(=O)O. The molecule has 1 fully saturated rings. The normalized spacial score (nSPS) is 40.0. The second kappa shape index (κ2) is 2.23. The molecule has 2 N–H and O–H groups in total. The van der Waals surface area contributed by atoms with Gasteiger partial charge in [0.05, 0.1) is 0 Å². The van der Waals surface area contributed by atoms with Crippen molar-refractivity contribution in [2.45, 2.75) is 25.8 Å². The topological polar surface area (TPSA) is 49.3 Å². The summed E-state index contributed by atoms with van der Waals surface area (Å²) in [5.41, 5.74) is -0.681. The Morgan fingerprint density at radius 1 is 1.80 bits per heavy atom. The summed E-state index contributed by atoms with van der Waals surface area (Å²) in [6.07, 6.45) is 0.961. The van der Waals surface area contributed by atoms with Crippen LogP contribution < -0.4 is 5.32 Å². The summed E-state index contributed by atoms with van der Waals surface area (Å²) in [5, 5.41) is 11.8. The highest BCUT2D eigenvalue weighted by molar-refractivity contribution is 5.79. The Morgan fingerprint density at radius 2 is 2.40 bits per heavy atom. The number of carboxylic acids is 1. The summed E-state index contributed by atoms with van der Waals surface area (Å²) in [6.45, 7) is 4.53. The molecule has 2 atom stereocenters. The number of aliphatic carboxylic acids is 1. The van der Waals surface area contributed by atoms with E-state index >= 15 is 0 Å². The van der Waals surface area contributed by atoms with Gasteiger partial charge in [0, 0.05) is 0 Å². The predicted molar refractivity (Wildman–Crippen MR) is 37.8 cm³/mol. The predicted octanol–water partition coefficient (Wildman–Crippen LogP) is 0.459. The zero-order chi connectivity index (χ0) is 7.78. The van der Waals surface area contributed by atoms with Crippen LogP contribution in [-0.4, -0.2) is 23.2 Å². The largest absolute Gasteiger partial charge is 0.480 e. The van der Waals surface area contributed by atoms with Crippen LogP contribution >= 0.6 is 0 Å². The maximum absolute atomic E-state index is 10.7. The number of nitrogens with one attached hydrogen (secondary N) is 1. The van der Waals surface area contributed by atoms with Gasteiger partial charge < -0.3 is 10.4 Å². The van der Waals surface area contributed by atoms with Gasteiger partial charge in [-0.25, -0.2) is 0 Å². The minimum Gasteiger partial charge on any atom is -0.480 e. The number of carbonyl (C=O) groups is 1. The van der Waals surface area contributed by atoms with E-state index in [1.165, 1.54) is 0 Å². The monoisotopic (exact) mass is 143 g/mol. The van der Waals surface area contributed by atoms with Gasteiger partial charge in [0.2, 0.25) is 0 Å². The minimum atomic E-state index is -0.738. The molecule has 1 heterocycles. The lowest BCUT2D eigenvalue weighted by atomic mass is 9.89. The van der Waals surface area contributed by atoms with E-state index in [1.54, 1.807) is 6.92 Å². The molecule has 0 saturated carbocycles. The first-order chi connectivity index (χ1) is 4.57. The molecular formula is C7H13NO2. The van der Waals surface area contributed by atoms with E-state index in [1.807, 2.05) is 6.92 Å². The average Bonchev–Trinajstić information content (AvgIpc) is 2.15. The highest BCUT2D eigenvalue weighted by atomic mass is 16.4. The third-order valence-electron chi connectivity index (χ3n) is 2.50. The summed E-state index contributed by atoms with van der Waals surface area (Å²) in [6, 6.07) is 0. The summed E-state index contributed by atoms with van der Waals surface area (Å²) in [7, 11) is 0. The molecule has 0 amide bonds. The van der Waals surface area contributed by atoms with Crippen LogP contribution in [0.5, 0.6) is 0 Å². The van der Waals surface area contributed by atoms with Crippen molar-refractivity contribution in [2.24, 2.45) is 5.92 Å². The molecule has 3 heteroatoms. The van der Waals surface area contributed by atoms with Crippen molar-refractivity contribution < 1.29 is 9.90 Å². The maximum atomic E-state index is 10.7. The molecule has 58 valence electrons. The van der Waals surface area contributed by atoms with E-state index in [0.717, 1.165) is 13.0 Å². The van der Waals surface area contributed by atoms with Crippen LogP contribution in [0.25, 0.3) is 0 Å². The van der Waals surface area contributed by atoms with Gasteiger partial charge in [0.15, 0.2) is 0 Å². The van der Waals surface area contributed by atoms with Gasteiger partial charge in [0.25, 0.3) is 0 Å². The van der Waals surface area contributed by atoms with Crippen molar-refractivity contribution in [1.82, 2.24) is 5.32 Å². The lowest BCUT2D eigenvalue weighted by Crippen LogP contribution is -2.48. The molecule has 0 aromatic rings. The van der Waals surface area contributed by atoms with E-state index in [4.69, 9.17) is 5.11 Å². The van der Waals surface area contributed by atoms with E-state index in [9.17, 15) is 4.79 Å². The van der Waals surface area contributed by atoms with E-state index in [2.05, 4.69) is 5.32 Å². The minimum absolute atomic E-state index is 0.241. The first kappa shape index (κ1) is 7.54. The molecule has 1 saturated heterocycles. The van der Waals surface area contributed by atoms with Crippen LogP contribution in [0.15, 0.2) is 0 Å². The van der Waals surface area contributed by atoms with Gasteiger partial charge in [-0.2, -0.15) is 0 Å². The summed E-state index contributed by atoms with van der Waals surface area (Å²) in [4.78, 5) is 10.7. The molecule has 0 aliphatic carbocycles. The molecule has 0 radical (unpaired) electrons. The van der Waals surface area contributed by atoms with Crippen LogP contribution in [0.1, 0.15) is 20.3 Å². The van der Waals surface area contributed by atoms with Crippen molar-refractivity contribution in [3.05, 3.63) is 0 Å². The average molecular weight is 143 g/mol. The Morgan fingerprint density at radius 3 is 2.60 bits per heavy atom. The van der Waals surface area contributed by atoms with Crippen LogP contribution in [-0.2, 0) is 4.79 Å².